The normalized spacial score (nSPS) is 10.8. The Morgan fingerprint density at radius 1 is 1.28 bits per heavy atom. The topological polar surface area (TPSA) is 56.1 Å². The summed E-state index contributed by atoms with van der Waals surface area (Å²) in [5, 5.41) is 9.58. The summed E-state index contributed by atoms with van der Waals surface area (Å²) in [4.78, 5) is 13.7. The van der Waals surface area contributed by atoms with Crippen LogP contribution >= 0.6 is 11.3 Å². The second-order valence-corrected chi connectivity index (χ2v) is 6.79. The first kappa shape index (κ1) is 17.4. The van der Waals surface area contributed by atoms with E-state index in [0.29, 0.717) is 18.8 Å². The summed E-state index contributed by atoms with van der Waals surface area (Å²) in [5.41, 5.74) is 4.48. The van der Waals surface area contributed by atoms with Crippen molar-refractivity contribution in [2.75, 3.05) is 20.3 Å². The van der Waals surface area contributed by atoms with Gasteiger partial charge in [-0.15, -0.1) is 11.3 Å². The lowest BCUT2D eigenvalue weighted by Gasteiger charge is -2.11. The van der Waals surface area contributed by atoms with Crippen molar-refractivity contribution in [2.24, 2.45) is 0 Å². The van der Waals surface area contributed by atoms with Crippen molar-refractivity contribution in [3.63, 3.8) is 0 Å². The van der Waals surface area contributed by atoms with Crippen molar-refractivity contribution in [3.8, 4) is 16.3 Å². The van der Waals surface area contributed by atoms with E-state index in [4.69, 9.17) is 9.84 Å². The van der Waals surface area contributed by atoms with E-state index in [2.05, 4.69) is 18.3 Å². The monoisotopic (exact) mass is 355 g/mol. The van der Waals surface area contributed by atoms with E-state index in [1.54, 1.807) is 23.1 Å². The van der Waals surface area contributed by atoms with Gasteiger partial charge in [-0.05, 0) is 43.0 Å². The van der Waals surface area contributed by atoms with E-state index >= 15 is 0 Å². The number of amides is 1. The highest BCUT2D eigenvalue weighted by Crippen LogP contribution is 2.27. The van der Waals surface area contributed by atoms with Crippen molar-refractivity contribution in [1.82, 2.24) is 15.1 Å². The number of aromatic nitrogens is 2. The molecule has 0 spiro atoms. The van der Waals surface area contributed by atoms with Crippen molar-refractivity contribution in [2.45, 2.75) is 13.8 Å². The number of nitrogens with one attached hydrogen (secondary N) is 1. The second-order valence-electron chi connectivity index (χ2n) is 5.84. The summed E-state index contributed by atoms with van der Waals surface area (Å²) in [6, 6.07) is 11.9. The molecule has 1 amide bonds. The second kappa shape index (κ2) is 7.63. The number of carbonyl (C=O) groups excluding carboxylic acids is 1. The van der Waals surface area contributed by atoms with E-state index in [-0.39, 0.29) is 5.91 Å². The van der Waals surface area contributed by atoms with Crippen molar-refractivity contribution < 1.29 is 9.53 Å². The quantitative estimate of drug-likeness (QED) is 0.688. The van der Waals surface area contributed by atoms with Crippen LogP contribution in [0.3, 0.4) is 0 Å². The van der Waals surface area contributed by atoms with Gasteiger partial charge in [0.1, 0.15) is 11.4 Å². The van der Waals surface area contributed by atoms with E-state index in [0.717, 1.165) is 21.8 Å². The molecule has 3 rings (SSSR count). The number of rotatable bonds is 6. The molecule has 0 bridgehead atoms. The van der Waals surface area contributed by atoms with Crippen LogP contribution in [0.4, 0.5) is 0 Å². The summed E-state index contributed by atoms with van der Waals surface area (Å²) < 4.78 is 6.73. The Kier molecular flexibility index (Phi) is 5.31. The number of hydrogen-bond donors (Lipinski definition) is 1. The molecule has 2 heterocycles. The van der Waals surface area contributed by atoms with Gasteiger partial charge >= 0.3 is 0 Å². The van der Waals surface area contributed by atoms with Crippen LogP contribution in [0.5, 0.6) is 0 Å². The third kappa shape index (κ3) is 3.81. The predicted molar refractivity (Wildman–Crippen MR) is 101 cm³/mol. The molecule has 0 fully saturated rings. The molecule has 0 aliphatic rings. The summed E-state index contributed by atoms with van der Waals surface area (Å²) in [6.07, 6.45) is 0. The van der Waals surface area contributed by atoms with E-state index < -0.39 is 0 Å². The zero-order valence-electron chi connectivity index (χ0n) is 14.6. The van der Waals surface area contributed by atoms with Gasteiger partial charge in [0, 0.05) is 13.7 Å². The maximum atomic E-state index is 12.7. The minimum atomic E-state index is -0.160. The van der Waals surface area contributed by atoms with Gasteiger partial charge in [-0.3, -0.25) is 4.79 Å². The van der Waals surface area contributed by atoms with E-state index in [9.17, 15) is 4.79 Å². The van der Waals surface area contributed by atoms with Crippen LogP contribution in [0, 0.1) is 13.8 Å². The lowest BCUT2D eigenvalue weighted by Crippen LogP contribution is -2.29. The molecule has 25 heavy (non-hydrogen) atoms. The Morgan fingerprint density at radius 2 is 2.12 bits per heavy atom. The van der Waals surface area contributed by atoms with Gasteiger partial charge in [-0.2, -0.15) is 5.10 Å². The molecule has 5 nitrogen and oxygen atoms in total. The summed E-state index contributed by atoms with van der Waals surface area (Å²) in [6.45, 7) is 5.01. The van der Waals surface area contributed by atoms with Gasteiger partial charge in [-0.25, -0.2) is 4.68 Å². The first-order chi connectivity index (χ1) is 12.1. The highest BCUT2D eigenvalue weighted by molar-refractivity contribution is 7.13. The molecule has 0 aliphatic heterocycles. The Labute approximate surface area is 151 Å². The fraction of sp³-hybridized carbons (Fsp3) is 0.263. The molecule has 3 aromatic rings. The molecule has 0 atom stereocenters. The standard InChI is InChI=1S/C19H21N3O2S/c1-13-6-7-16(14(2)11-13)22-17(19(23)20-8-9-24-3)12-15(21-22)18-5-4-10-25-18/h4-7,10-12H,8-9H2,1-3H3,(H,20,23). The maximum absolute atomic E-state index is 12.7. The van der Waals surface area contributed by atoms with Crippen LogP contribution in [-0.4, -0.2) is 35.9 Å². The molecule has 130 valence electrons. The number of benzene rings is 1. The third-order valence-electron chi connectivity index (χ3n) is 3.89. The number of thiophene rings is 1. The van der Waals surface area contributed by atoms with Gasteiger partial charge in [0.25, 0.3) is 5.91 Å². The number of carbonyl (C=O) groups is 1. The smallest absolute Gasteiger partial charge is 0.270 e. The van der Waals surface area contributed by atoms with Gasteiger partial charge < -0.3 is 10.1 Å². The van der Waals surface area contributed by atoms with Crippen LogP contribution in [0.15, 0.2) is 41.8 Å². The number of hydrogen-bond acceptors (Lipinski definition) is 4. The maximum Gasteiger partial charge on any atom is 0.270 e. The fourth-order valence-corrected chi connectivity index (χ4v) is 3.35. The van der Waals surface area contributed by atoms with Crippen molar-refractivity contribution >= 4 is 17.2 Å². The highest BCUT2D eigenvalue weighted by atomic mass is 32.1. The van der Waals surface area contributed by atoms with Crippen molar-refractivity contribution in [3.05, 3.63) is 58.6 Å². The molecule has 0 saturated heterocycles. The Hall–Kier alpha value is -2.44. The minimum absolute atomic E-state index is 0.160. The zero-order valence-corrected chi connectivity index (χ0v) is 15.4. The summed E-state index contributed by atoms with van der Waals surface area (Å²) >= 11 is 1.61. The molecule has 6 heteroatoms. The first-order valence-corrected chi connectivity index (χ1v) is 8.97. The van der Waals surface area contributed by atoms with Crippen LogP contribution in [0.1, 0.15) is 21.6 Å². The third-order valence-corrected chi connectivity index (χ3v) is 4.78. The molecular weight excluding hydrogens is 334 g/mol. The molecule has 0 radical (unpaired) electrons. The summed E-state index contributed by atoms with van der Waals surface area (Å²) in [7, 11) is 1.61. The first-order valence-electron chi connectivity index (χ1n) is 8.09. The fourth-order valence-electron chi connectivity index (χ4n) is 2.67. The lowest BCUT2D eigenvalue weighted by atomic mass is 10.1. The Bertz CT molecular complexity index is 869. The minimum Gasteiger partial charge on any atom is -0.383 e. The SMILES string of the molecule is COCCNC(=O)c1cc(-c2cccs2)nn1-c1ccc(C)cc1C. The number of nitrogens with zero attached hydrogens (tertiary/aromatic N) is 2. The van der Waals surface area contributed by atoms with Crippen LogP contribution in [0.2, 0.25) is 0 Å². The number of aryl methyl sites for hydroxylation is 2. The van der Waals surface area contributed by atoms with Gasteiger partial charge in [-0.1, -0.05) is 23.8 Å². The highest BCUT2D eigenvalue weighted by Gasteiger charge is 2.18. The molecule has 2 aromatic heterocycles. The molecular formula is C19H21N3O2S. The van der Waals surface area contributed by atoms with Gasteiger partial charge in [0.2, 0.25) is 0 Å². The van der Waals surface area contributed by atoms with Crippen LogP contribution in [-0.2, 0) is 4.74 Å². The van der Waals surface area contributed by atoms with Crippen LogP contribution < -0.4 is 5.32 Å². The molecule has 1 N–H and O–H groups in total. The van der Waals surface area contributed by atoms with Gasteiger partial charge in [0.15, 0.2) is 0 Å². The predicted octanol–water partition coefficient (Wildman–Crippen LogP) is 3.59. The Morgan fingerprint density at radius 3 is 2.80 bits per heavy atom. The largest absolute Gasteiger partial charge is 0.383 e. The van der Waals surface area contributed by atoms with E-state index in [1.807, 2.05) is 42.6 Å². The van der Waals surface area contributed by atoms with Gasteiger partial charge in [0.05, 0.1) is 17.2 Å². The molecule has 0 unspecified atom stereocenters. The van der Waals surface area contributed by atoms with Crippen molar-refractivity contribution in [1.29, 1.82) is 0 Å². The molecule has 0 aliphatic carbocycles. The Balaban J connectivity index is 2.04. The zero-order chi connectivity index (χ0) is 17.8. The average molecular weight is 355 g/mol. The van der Waals surface area contributed by atoms with E-state index in [1.165, 1.54) is 5.56 Å². The summed E-state index contributed by atoms with van der Waals surface area (Å²) in [5.74, 6) is -0.160. The van der Waals surface area contributed by atoms with Crippen LogP contribution in [0.25, 0.3) is 16.3 Å². The number of ether oxygens (including phenoxy) is 1. The number of methoxy groups -OCH3 is 1. The molecule has 1 aromatic carbocycles. The average Bonchev–Trinajstić information content (AvgIpc) is 3.24. The molecule has 0 saturated carbocycles. The lowest BCUT2D eigenvalue weighted by molar-refractivity contribution is 0.0929.